The van der Waals surface area contributed by atoms with E-state index in [1.807, 2.05) is 12.3 Å². The van der Waals surface area contributed by atoms with Crippen molar-refractivity contribution in [1.82, 2.24) is 4.98 Å². The molecule has 0 saturated heterocycles. The molecule has 0 aliphatic heterocycles. The van der Waals surface area contributed by atoms with E-state index < -0.39 is 0 Å². The summed E-state index contributed by atoms with van der Waals surface area (Å²) in [6, 6.07) is 3.55. The van der Waals surface area contributed by atoms with Crippen molar-refractivity contribution in [3.05, 3.63) is 12.1 Å². The average Bonchev–Trinajstić information content (AvgIpc) is 2.77. The van der Waals surface area contributed by atoms with Crippen LogP contribution in [0.5, 0.6) is 5.75 Å². The van der Waals surface area contributed by atoms with Gasteiger partial charge in [-0.1, -0.05) is 11.3 Å². The number of nitrogens with zero attached hydrogens (tertiary/aromatic N) is 1. The first-order valence-corrected chi connectivity index (χ1v) is 7.88. The van der Waals surface area contributed by atoms with E-state index in [9.17, 15) is 4.79 Å². The first-order chi connectivity index (χ1) is 9.13. The van der Waals surface area contributed by atoms with Gasteiger partial charge in [0.2, 0.25) is 5.91 Å². The monoisotopic (exact) mass is 297 g/mol. The van der Waals surface area contributed by atoms with Gasteiger partial charge in [0.25, 0.3) is 0 Å². The summed E-state index contributed by atoms with van der Waals surface area (Å²) in [5.41, 5.74) is 7.13. The van der Waals surface area contributed by atoms with Gasteiger partial charge in [0.05, 0.1) is 11.8 Å². The minimum atomic E-state index is -0.0275. The topological polar surface area (TPSA) is 77.2 Å². The number of hydrogen-bond donors (Lipinski definition) is 2. The second-order valence-corrected chi connectivity index (χ2v) is 5.90. The lowest BCUT2D eigenvalue weighted by Crippen LogP contribution is -2.11. The molecular weight excluding hydrogens is 282 g/mol. The molecule has 1 aromatic carbocycles. The molecule has 7 heteroatoms. The summed E-state index contributed by atoms with van der Waals surface area (Å²) in [6.45, 7) is 0. The fraction of sp³-hybridized carbons (Fsp3) is 0.333. The highest BCUT2D eigenvalue weighted by Gasteiger charge is 2.12. The lowest BCUT2D eigenvalue weighted by molar-refractivity contribution is -0.115. The predicted molar refractivity (Wildman–Crippen MR) is 82.2 cm³/mol. The molecule has 0 fully saturated rings. The maximum Gasteiger partial charge on any atom is 0.226 e. The number of nitrogen functional groups attached to an aromatic ring is 1. The summed E-state index contributed by atoms with van der Waals surface area (Å²) in [5, 5.41) is 3.37. The number of rotatable bonds is 5. The van der Waals surface area contributed by atoms with Gasteiger partial charge in [0, 0.05) is 23.9 Å². The third-order valence-electron chi connectivity index (χ3n) is 2.48. The number of anilines is 2. The molecule has 0 aliphatic carbocycles. The van der Waals surface area contributed by atoms with Crippen molar-refractivity contribution in [2.24, 2.45) is 0 Å². The zero-order chi connectivity index (χ0) is 13.8. The third-order valence-corrected chi connectivity index (χ3v) is 4.01. The molecule has 1 aromatic heterocycles. The van der Waals surface area contributed by atoms with E-state index in [4.69, 9.17) is 10.5 Å². The molecule has 5 nitrogen and oxygen atoms in total. The second-order valence-electron chi connectivity index (χ2n) is 3.88. The van der Waals surface area contributed by atoms with Crippen LogP contribution in [0.15, 0.2) is 12.1 Å². The van der Waals surface area contributed by atoms with Crippen molar-refractivity contribution >= 4 is 50.0 Å². The standard InChI is InChI=1S/C12H15N3O2S2/c1-17-8-5-7(13)6-9-11(8)15-12(19-9)14-10(16)3-4-18-2/h5-6H,3-4,13H2,1-2H3,(H,14,15,16). The Morgan fingerprint density at radius 2 is 2.37 bits per heavy atom. The van der Waals surface area contributed by atoms with E-state index in [-0.39, 0.29) is 5.91 Å². The zero-order valence-electron chi connectivity index (χ0n) is 10.7. The molecule has 2 rings (SSSR count). The van der Waals surface area contributed by atoms with Gasteiger partial charge in [0.15, 0.2) is 5.13 Å². The molecular formula is C12H15N3O2S2. The maximum absolute atomic E-state index is 11.7. The maximum atomic E-state index is 11.7. The molecule has 1 amide bonds. The van der Waals surface area contributed by atoms with Crippen LogP contribution in [0.3, 0.4) is 0 Å². The number of hydrogen-bond acceptors (Lipinski definition) is 6. The normalized spacial score (nSPS) is 10.6. The average molecular weight is 297 g/mol. The summed E-state index contributed by atoms with van der Waals surface area (Å²) in [5.74, 6) is 1.39. The fourth-order valence-corrected chi connectivity index (χ4v) is 2.94. The van der Waals surface area contributed by atoms with E-state index in [2.05, 4.69) is 10.3 Å². The van der Waals surface area contributed by atoms with Crippen molar-refractivity contribution in [1.29, 1.82) is 0 Å². The van der Waals surface area contributed by atoms with Crippen molar-refractivity contribution in [3.8, 4) is 5.75 Å². The van der Waals surface area contributed by atoms with Gasteiger partial charge in [-0.05, 0) is 12.3 Å². The van der Waals surface area contributed by atoms with E-state index in [0.29, 0.717) is 23.0 Å². The molecule has 1 heterocycles. The van der Waals surface area contributed by atoms with Gasteiger partial charge in [-0.3, -0.25) is 4.79 Å². The zero-order valence-corrected chi connectivity index (χ0v) is 12.4. The SMILES string of the molecule is COc1cc(N)cc2sc(NC(=O)CCSC)nc12. The number of thiazole rings is 1. The number of aromatic nitrogens is 1. The Labute approximate surface area is 119 Å². The molecule has 0 aliphatic rings. The molecule has 0 bridgehead atoms. The largest absolute Gasteiger partial charge is 0.494 e. The number of nitrogens with one attached hydrogen (secondary N) is 1. The quantitative estimate of drug-likeness (QED) is 0.829. The minimum Gasteiger partial charge on any atom is -0.494 e. The van der Waals surface area contributed by atoms with Crippen molar-refractivity contribution in [2.45, 2.75) is 6.42 Å². The Morgan fingerprint density at radius 1 is 1.58 bits per heavy atom. The van der Waals surface area contributed by atoms with Gasteiger partial charge < -0.3 is 15.8 Å². The number of carbonyl (C=O) groups excluding carboxylic acids is 1. The Morgan fingerprint density at radius 3 is 3.05 bits per heavy atom. The number of carbonyl (C=O) groups is 1. The first-order valence-electron chi connectivity index (χ1n) is 5.67. The van der Waals surface area contributed by atoms with Gasteiger partial charge in [-0.2, -0.15) is 11.8 Å². The second kappa shape index (κ2) is 6.12. The van der Waals surface area contributed by atoms with E-state index in [0.717, 1.165) is 16.0 Å². The smallest absolute Gasteiger partial charge is 0.226 e. The third kappa shape index (κ3) is 3.30. The number of thioether (sulfide) groups is 1. The van der Waals surface area contributed by atoms with E-state index >= 15 is 0 Å². The molecule has 19 heavy (non-hydrogen) atoms. The molecule has 3 N–H and O–H groups in total. The van der Waals surface area contributed by atoms with Crippen LogP contribution in [0.1, 0.15) is 6.42 Å². The Hall–Kier alpha value is -1.47. The van der Waals surface area contributed by atoms with Crippen LogP contribution in [0.25, 0.3) is 10.2 Å². The number of amides is 1. The lowest BCUT2D eigenvalue weighted by Gasteiger charge is -2.01. The van der Waals surface area contributed by atoms with Crippen molar-refractivity contribution in [2.75, 3.05) is 30.2 Å². The predicted octanol–water partition coefficient (Wildman–Crippen LogP) is 2.58. The van der Waals surface area contributed by atoms with Crippen LogP contribution in [0.4, 0.5) is 10.8 Å². The van der Waals surface area contributed by atoms with Crippen LogP contribution in [-0.4, -0.2) is 30.0 Å². The molecule has 0 atom stereocenters. The summed E-state index contributed by atoms with van der Waals surface area (Å²) in [7, 11) is 1.57. The van der Waals surface area contributed by atoms with E-state index in [1.54, 1.807) is 24.9 Å². The summed E-state index contributed by atoms with van der Waals surface area (Å²) in [4.78, 5) is 16.0. The molecule has 2 aromatic rings. The minimum absolute atomic E-state index is 0.0275. The molecule has 0 spiro atoms. The molecule has 0 saturated carbocycles. The number of nitrogens with two attached hydrogens (primary N) is 1. The highest BCUT2D eigenvalue weighted by molar-refractivity contribution is 7.98. The highest BCUT2D eigenvalue weighted by atomic mass is 32.2. The number of ether oxygens (including phenoxy) is 1. The highest BCUT2D eigenvalue weighted by Crippen LogP contribution is 2.34. The Kier molecular flexibility index (Phi) is 4.49. The van der Waals surface area contributed by atoms with Gasteiger partial charge in [-0.15, -0.1) is 0 Å². The Balaban J connectivity index is 2.24. The van der Waals surface area contributed by atoms with Crippen LogP contribution in [0.2, 0.25) is 0 Å². The van der Waals surface area contributed by atoms with Gasteiger partial charge in [0.1, 0.15) is 11.3 Å². The Bertz CT molecular complexity index is 598. The summed E-state index contributed by atoms with van der Waals surface area (Å²) < 4.78 is 6.14. The van der Waals surface area contributed by atoms with Crippen LogP contribution >= 0.6 is 23.1 Å². The molecule has 0 radical (unpaired) electrons. The van der Waals surface area contributed by atoms with Gasteiger partial charge in [-0.25, -0.2) is 4.98 Å². The van der Waals surface area contributed by atoms with E-state index in [1.165, 1.54) is 11.3 Å². The number of benzene rings is 1. The molecule has 0 unspecified atom stereocenters. The fourth-order valence-electron chi connectivity index (χ4n) is 1.60. The van der Waals surface area contributed by atoms with Gasteiger partial charge >= 0.3 is 0 Å². The van der Waals surface area contributed by atoms with Crippen LogP contribution < -0.4 is 15.8 Å². The number of methoxy groups -OCH3 is 1. The first kappa shape index (κ1) is 14.0. The van der Waals surface area contributed by atoms with Crippen LogP contribution in [0, 0.1) is 0 Å². The van der Waals surface area contributed by atoms with Crippen molar-refractivity contribution < 1.29 is 9.53 Å². The molecule has 102 valence electrons. The van der Waals surface area contributed by atoms with Crippen LogP contribution in [-0.2, 0) is 4.79 Å². The number of fused-ring (bicyclic) bond motifs is 1. The summed E-state index contributed by atoms with van der Waals surface area (Å²) >= 11 is 3.03. The summed E-state index contributed by atoms with van der Waals surface area (Å²) in [6.07, 6.45) is 2.45. The van der Waals surface area contributed by atoms with Crippen molar-refractivity contribution in [3.63, 3.8) is 0 Å². The lowest BCUT2D eigenvalue weighted by atomic mass is 10.3.